The van der Waals surface area contributed by atoms with Crippen LogP contribution in [0.15, 0.2) is 0 Å². The van der Waals surface area contributed by atoms with E-state index in [9.17, 15) is 0 Å². The van der Waals surface area contributed by atoms with E-state index in [0.29, 0.717) is 0 Å². The Labute approximate surface area is 37.4 Å². The summed E-state index contributed by atoms with van der Waals surface area (Å²) in [5, 5.41) is 0. The summed E-state index contributed by atoms with van der Waals surface area (Å²) in [5.41, 5.74) is 0. The van der Waals surface area contributed by atoms with Gasteiger partial charge in [-0.1, -0.05) is 0 Å². The third-order valence-corrected chi connectivity index (χ3v) is 0. The normalized spacial score (nSPS) is 8.50. The number of rotatable bonds is 0. The second-order valence-electron chi connectivity index (χ2n) is 0.182. The fraction of sp³-hybridized carbons (Fsp3) is 0. The number of halogens is 2. The van der Waals surface area contributed by atoms with Gasteiger partial charge in [0, 0.05) is 0 Å². The van der Waals surface area contributed by atoms with E-state index in [-0.39, 0.29) is 0 Å². The second kappa shape index (κ2) is 2.21. The van der Waals surface area contributed by atoms with Crippen molar-refractivity contribution in [3.63, 3.8) is 0 Å². The average molecular weight is 271 g/mol. The Kier molecular flexibility index (Phi) is 2.73. The van der Waals surface area contributed by atoms with Crippen LogP contribution in [-0.4, -0.2) is 0 Å². The van der Waals surface area contributed by atoms with Gasteiger partial charge in [-0.2, -0.15) is 0 Å². The topological polar surface area (TPSA) is 23.8 Å². The Morgan fingerprint density at radius 2 is 1.50 bits per heavy atom. The quantitative estimate of drug-likeness (QED) is 0.653. The van der Waals surface area contributed by atoms with Crippen molar-refractivity contribution >= 4 is 19.1 Å². The molecule has 0 radical (unpaired) electrons. The SMILES string of the molecule is [N]#[Re]([Cl])[Cl]. The number of nitrogens with zero attached hydrogens (tertiary/aromatic N) is 1. The fourth-order valence-corrected chi connectivity index (χ4v) is 0. The molecule has 0 rings (SSSR count). The first-order chi connectivity index (χ1) is 1.73. The standard InChI is InChI=1S/2ClH.N.Re/h2*1H;;/q;;;+2/p-2. The molecule has 1 nitrogen and oxygen atoms in total. The van der Waals surface area contributed by atoms with Crippen molar-refractivity contribution in [1.82, 2.24) is 0 Å². The summed E-state index contributed by atoms with van der Waals surface area (Å²) in [5.74, 6) is 0. The molecular weight excluding hydrogens is 271 g/mol. The Bertz CT molecular complexity index is 52.2. The number of hydrogen-bond acceptors (Lipinski definition) is 1. The Hall–Kier alpha value is 0.952. The molecule has 0 aromatic rings. The molecule has 26 valence electrons. The Morgan fingerprint density at radius 3 is 1.50 bits per heavy atom. The molecule has 0 unspecified atom stereocenters. The summed E-state index contributed by atoms with van der Waals surface area (Å²) >= 11 is -2.52. The van der Waals surface area contributed by atoms with Crippen LogP contribution in [0.25, 0.3) is 0 Å². The van der Waals surface area contributed by atoms with Gasteiger partial charge in [0.1, 0.15) is 0 Å². The average Bonchev–Trinajstić information content (AvgIpc) is 0.811. The molecule has 0 aromatic heterocycles. The predicted octanol–water partition coefficient (Wildman–Crippen LogP) is 1.39. The van der Waals surface area contributed by atoms with Gasteiger partial charge in [-0.25, -0.2) is 0 Å². The van der Waals surface area contributed by atoms with Gasteiger partial charge in [0.15, 0.2) is 0 Å². The molecular formula is Cl2NRe. The Balaban J connectivity index is 3.02. The zero-order valence-electron chi connectivity index (χ0n) is 1.58. The zero-order chi connectivity index (χ0) is 3.58. The summed E-state index contributed by atoms with van der Waals surface area (Å²) in [6, 6.07) is 0. The van der Waals surface area contributed by atoms with E-state index in [1.54, 1.807) is 0 Å². The monoisotopic (exact) mass is 271 g/mol. The van der Waals surface area contributed by atoms with E-state index >= 15 is 0 Å². The van der Waals surface area contributed by atoms with Crippen LogP contribution >= 0.6 is 19.1 Å². The molecule has 4 heteroatoms. The van der Waals surface area contributed by atoms with Gasteiger partial charge < -0.3 is 0 Å². The van der Waals surface area contributed by atoms with Gasteiger partial charge in [-0.3, -0.25) is 0 Å². The van der Waals surface area contributed by atoms with Crippen LogP contribution in [0.1, 0.15) is 0 Å². The molecule has 0 aliphatic carbocycles. The molecule has 0 spiro atoms. The molecule has 4 heavy (non-hydrogen) atoms. The first kappa shape index (κ1) is 4.95. The molecule has 0 aromatic carbocycles. The van der Waals surface area contributed by atoms with Crippen molar-refractivity contribution in [2.24, 2.45) is 0 Å². The van der Waals surface area contributed by atoms with Crippen molar-refractivity contribution in [1.29, 1.82) is 3.80 Å². The maximum absolute atomic E-state index is 7.77. The minimum absolute atomic E-state index is 2.52. The van der Waals surface area contributed by atoms with Crippen molar-refractivity contribution in [2.45, 2.75) is 0 Å². The van der Waals surface area contributed by atoms with Crippen LogP contribution in [0.3, 0.4) is 0 Å². The maximum atomic E-state index is 7.77. The summed E-state index contributed by atoms with van der Waals surface area (Å²) in [4.78, 5) is 0. The van der Waals surface area contributed by atoms with Crippen LogP contribution in [0.2, 0.25) is 0 Å². The number of hydrogen-bond donors (Lipinski definition) is 0. The molecule has 0 fully saturated rings. The summed E-state index contributed by atoms with van der Waals surface area (Å²) in [6.45, 7) is 0. The van der Waals surface area contributed by atoms with Crippen LogP contribution in [0.5, 0.6) is 0 Å². The molecule has 0 saturated carbocycles. The van der Waals surface area contributed by atoms with Gasteiger partial charge in [0.2, 0.25) is 0 Å². The van der Waals surface area contributed by atoms with E-state index < -0.39 is 14.4 Å². The first-order valence-corrected chi connectivity index (χ1v) is 8.40. The Morgan fingerprint density at radius 1 is 1.50 bits per heavy atom. The second-order valence-corrected chi connectivity index (χ2v) is 7.12. The van der Waals surface area contributed by atoms with Crippen molar-refractivity contribution in [3.8, 4) is 0 Å². The van der Waals surface area contributed by atoms with Crippen molar-refractivity contribution < 1.29 is 14.4 Å². The van der Waals surface area contributed by atoms with Gasteiger partial charge in [0.05, 0.1) is 0 Å². The van der Waals surface area contributed by atoms with Gasteiger partial charge in [-0.15, -0.1) is 0 Å². The van der Waals surface area contributed by atoms with Crippen LogP contribution in [0.4, 0.5) is 0 Å². The molecule has 0 saturated heterocycles. The van der Waals surface area contributed by atoms with Crippen LogP contribution < -0.4 is 0 Å². The summed E-state index contributed by atoms with van der Waals surface area (Å²) in [7, 11) is 9.56. The van der Waals surface area contributed by atoms with Gasteiger partial charge >= 0.3 is 37.2 Å². The first-order valence-electron chi connectivity index (χ1n) is 0.455. The van der Waals surface area contributed by atoms with E-state index in [4.69, 9.17) is 22.9 Å². The van der Waals surface area contributed by atoms with E-state index in [1.807, 2.05) is 0 Å². The summed E-state index contributed by atoms with van der Waals surface area (Å²) in [6.07, 6.45) is 0. The zero-order valence-corrected chi connectivity index (χ0v) is 5.81. The molecule has 0 aliphatic rings. The van der Waals surface area contributed by atoms with Crippen molar-refractivity contribution in [2.75, 3.05) is 0 Å². The molecule has 0 atom stereocenters. The van der Waals surface area contributed by atoms with Gasteiger partial charge in [-0.05, 0) is 0 Å². The summed E-state index contributed by atoms with van der Waals surface area (Å²) < 4.78 is 7.77. The fourth-order valence-electron chi connectivity index (χ4n) is 0. The van der Waals surface area contributed by atoms with E-state index in [1.165, 1.54) is 0 Å². The van der Waals surface area contributed by atoms with Gasteiger partial charge in [0.25, 0.3) is 0 Å². The van der Waals surface area contributed by atoms with E-state index in [2.05, 4.69) is 0 Å². The molecule has 0 amide bonds. The minimum atomic E-state index is -2.52. The van der Waals surface area contributed by atoms with Crippen LogP contribution in [-0.2, 0) is 14.4 Å². The molecule has 0 bridgehead atoms. The van der Waals surface area contributed by atoms with Crippen molar-refractivity contribution in [3.05, 3.63) is 0 Å². The predicted molar refractivity (Wildman–Crippen MR) is 13.4 cm³/mol. The molecule has 0 N–H and O–H groups in total. The van der Waals surface area contributed by atoms with E-state index in [0.717, 1.165) is 0 Å². The van der Waals surface area contributed by atoms with Crippen LogP contribution in [0, 0.1) is 3.80 Å². The third-order valence-electron chi connectivity index (χ3n) is 0. The third kappa shape index (κ3) is 12.4. The molecule has 0 heterocycles. The molecule has 0 aliphatic heterocycles.